The van der Waals surface area contributed by atoms with Crippen molar-refractivity contribution in [3.8, 4) is 5.75 Å². The first-order valence-corrected chi connectivity index (χ1v) is 11.0. The van der Waals surface area contributed by atoms with E-state index in [1.54, 1.807) is 14.0 Å². The summed E-state index contributed by atoms with van der Waals surface area (Å²) in [4.78, 5) is 18.2. The Kier molecular flexibility index (Phi) is 5.52. The highest BCUT2D eigenvalue weighted by molar-refractivity contribution is 6.30. The van der Waals surface area contributed by atoms with E-state index >= 15 is 0 Å². The SMILES string of the molecule is CCOC(=O)C1=C(c2ccc(OC)cc2)Nc2nc3ccccc3n2[C@@H]1c1cccc(Cl)c1. The zero-order valence-corrected chi connectivity index (χ0v) is 19.0. The van der Waals surface area contributed by atoms with Crippen LogP contribution in [0.2, 0.25) is 5.02 Å². The number of nitrogens with one attached hydrogen (secondary N) is 1. The van der Waals surface area contributed by atoms with Crippen LogP contribution in [0.1, 0.15) is 24.1 Å². The summed E-state index contributed by atoms with van der Waals surface area (Å²) in [5.74, 6) is 0.968. The van der Waals surface area contributed by atoms with Gasteiger partial charge in [0, 0.05) is 5.02 Å². The third-order valence-electron chi connectivity index (χ3n) is 5.67. The van der Waals surface area contributed by atoms with E-state index in [-0.39, 0.29) is 6.61 Å². The molecule has 0 fully saturated rings. The summed E-state index contributed by atoms with van der Waals surface area (Å²) in [7, 11) is 1.62. The van der Waals surface area contributed by atoms with Gasteiger partial charge in [-0.15, -0.1) is 0 Å². The van der Waals surface area contributed by atoms with E-state index < -0.39 is 12.0 Å². The van der Waals surface area contributed by atoms with Crippen molar-refractivity contribution in [1.82, 2.24) is 9.55 Å². The fraction of sp³-hybridized carbons (Fsp3) is 0.154. The molecule has 0 saturated carbocycles. The maximum atomic E-state index is 13.4. The standard InChI is InChI=1S/C26H22ClN3O3/c1-3-33-25(31)22-23(16-11-13-19(32-2)14-12-16)29-26-28-20-9-4-5-10-21(20)30(26)24(22)17-7-6-8-18(27)15-17/h4-15,24H,3H2,1-2H3,(H,28,29)/t24-/m1/s1. The Hall–Kier alpha value is -3.77. The van der Waals surface area contributed by atoms with Crippen LogP contribution in [0.25, 0.3) is 16.7 Å². The van der Waals surface area contributed by atoms with Crippen molar-refractivity contribution >= 4 is 40.2 Å². The van der Waals surface area contributed by atoms with Crippen LogP contribution in [-0.4, -0.2) is 29.2 Å². The Morgan fingerprint density at radius 3 is 2.61 bits per heavy atom. The predicted molar refractivity (Wildman–Crippen MR) is 129 cm³/mol. The molecule has 5 rings (SSSR count). The molecule has 4 aromatic rings. The van der Waals surface area contributed by atoms with Crippen molar-refractivity contribution in [2.24, 2.45) is 0 Å². The monoisotopic (exact) mass is 459 g/mol. The van der Waals surface area contributed by atoms with Gasteiger partial charge in [0.2, 0.25) is 5.95 Å². The zero-order chi connectivity index (χ0) is 22.9. The zero-order valence-electron chi connectivity index (χ0n) is 18.2. The topological polar surface area (TPSA) is 65.4 Å². The molecule has 1 aliphatic rings. The smallest absolute Gasteiger partial charge is 0.338 e. The first-order valence-electron chi connectivity index (χ1n) is 10.7. The number of esters is 1. The van der Waals surface area contributed by atoms with Gasteiger partial charge in [-0.25, -0.2) is 9.78 Å². The Morgan fingerprint density at radius 2 is 1.88 bits per heavy atom. The minimum absolute atomic E-state index is 0.262. The molecule has 7 heteroatoms. The van der Waals surface area contributed by atoms with Crippen molar-refractivity contribution < 1.29 is 14.3 Å². The van der Waals surface area contributed by atoms with E-state index in [1.165, 1.54) is 0 Å². The number of rotatable bonds is 5. The van der Waals surface area contributed by atoms with Crippen LogP contribution in [0.4, 0.5) is 5.95 Å². The minimum atomic E-state index is -0.483. The summed E-state index contributed by atoms with van der Waals surface area (Å²) in [6.45, 7) is 2.06. The number of halogens is 1. The van der Waals surface area contributed by atoms with Crippen molar-refractivity contribution in [3.05, 3.63) is 94.5 Å². The molecule has 33 heavy (non-hydrogen) atoms. The average molecular weight is 460 g/mol. The van der Waals surface area contributed by atoms with Crippen molar-refractivity contribution in [2.75, 3.05) is 19.0 Å². The van der Waals surface area contributed by atoms with Gasteiger partial charge in [-0.05, 0) is 66.6 Å². The number of methoxy groups -OCH3 is 1. The van der Waals surface area contributed by atoms with E-state index in [2.05, 4.69) is 5.32 Å². The van der Waals surface area contributed by atoms with E-state index in [4.69, 9.17) is 26.1 Å². The number of carbonyl (C=O) groups excluding carboxylic acids is 1. The van der Waals surface area contributed by atoms with E-state index in [1.807, 2.05) is 77.4 Å². The highest BCUT2D eigenvalue weighted by atomic mass is 35.5. The second kappa shape index (κ2) is 8.64. The van der Waals surface area contributed by atoms with Gasteiger partial charge in [0.25, 0.3) is 0 Å². The van der Waals surface area contributed by atoms with Crippen LogP contribution in [0.3, 0.4) is 0 Å². The molecule has 166 valence electrons. The molecule has 0 amide bonds. The number of hydrogen-bond donors (Lipinski definition) is 1. The largest absolute Gasteiger partial charge is 0.497 e. The quantitative estimate of drug-likeness (QED) is 0.388. The lowest BCUT2D eigenvalue weighted by molar-refractivity contribution is -0.138. The third kappa shape index (κ3) is 3.72. The fourth-order valence-corrected chi connectivity index (χ4v) is 4.44. The number of nitrogens with zero attached hydrogens (tertiary/aromatic N) is 2. The average Bonchev–Trinajstić information content (AvgIpc) is 3.21. The Bertz CT molecular complexity index is 1380. The molecule has 0 unspecified atom stereocenters. The molecule has 0 radical (unpaired) electrons. The molecule has 1 aliphatic heterocycles. The molecule has 2 heterocycles. The molecular formula is C26H22ClN3O3. The van der Waals surface area contributed by atoms with Gasteiger partial charge in [0.1, 0.15) is 5.75 Å². The highest BCUT2D eigenvalue weighted by Gasteiger charge is 2.36. The van der Waals surface area contributed by atoms with Crippen LogP contribution >= 0.6 is 11.6 Å². The van der Waals surface area contributed by atoms with Crippen LogP contribution in [0.15, 0.2) is 78.4 Å². The summed E-state index contributed by atoms with van der Waals surface area (Å²) in [6.07, 6.45) is 0. The lowest BCUT2D eigenvalue weighted by Crippen LogP contribution is -2.29. The van der Waals surface area contributed by atoms with Crippen molar-refractivity contribution in [1.29, 1.82) is 0 Å². The number of para-hydroxylation sites is 2. The Labute approximate surface area is 196 Å². The molecule has 0 spiro atoms. The molecule has 1 aromatic heterocycles. The predicted octanol–water partition coefficient (Wildman–Crippen LogP) is 5.69. The maximum Gasteiger partial charge on any atom is 0.338 e. The van der Waals surface area contributed by atoms with E-state index in [0.717, 1.165) is 27.9 Å². The summed E-state index contributed by atoms with van der Waals surface area (Å²) in [5.41, 5.74) is 4.54. The first-order chi connectivity index (χ1) is 16.1. The van der Waals surface area contributed by atoms with Gasteiger partial charge >= 0.3 is 5.97 Å². The van der Waals surface area contributed by atoms with Crippen LogP contribution in [0.5, 0.6) is 5.75 Å². The molecule has 0 bridgehead atoms. The van der Waals surface area contributed by atoms with E-state index in [9.17, 15) is 4.79 Å². The second-order valence-electron chi connectivity index (χ2n) is 7.61. The van der Waals surface area contributed by atoms with Crippen molar-refractivity contribution in [3.63, 3.8) is 0 Å². The number of anilines is 1. The maximum absolute atomic E-state index is 13.4. The minimum Gasteiger partial charge on any atom is -0.497 e. The molecular weight excluding hydrogens is 438 g/mol. The number of benzene rings is 3. The molecule has 0 aliphatic carbocycles. The van der Waals surface area contributed by atoms with Gasteiger partial charge in [-0.3, -0.25) is 4.57 Å². The van der Waals surface area contributed by atoms with E-state index in [0.29, 0.717) is 22.2 Å². The third-order valence-corrected chi connectivity index (χ3v) is 5.91. The molecule has 3 aromatic carbocycles. The molecule has 1 N–H and O–H groups in total. The fourth-order valence-electron chi connectivity index (χ4n) is 4.24. The number of fused-ring (bicyclic) bond motifs is 3. The summed E-state index contributed by atoms with van der Waals surface area (Å²) >= 11 is 6.37. The number of imidazole rings is 1. The summed E-state index contributed by atoms with van der Waals surface area (Å²) in [6, 6.07) is 22.4. The van der Waals surface area contributed by atoms with Gasteiger partial charge in [-0.2, -0.15) is 0 Å². The van der Waals surface area contributed by atoms with Gasteiger partial charge < -0.3 is 14.8 Å². The summed E-state index contributed by atoms with van der Waals surface area (Å²) < 4.78 is 12.9. The van der Waals surface area contributed by atoms with Crippen LogP contribution in [-0.2, 0) is 9.53 Å². The lowest BCUT2D eigenvalue weighted by Gasteiger charge is -2.31. The van der Waals surface area contributed by atoms with Gasteiger partial charge in [0.15, 0.2) is 0 Å². The Balaban J connectivity index is 1.81. The molecule has 6 nitrogen and oxygen atoms in total. The Morgan fingerprint density at radius 1 is 1.09 bits per heavy atom. The number of aromatic nitrogens is 2. The van der Waals surface area contributed by atoms with Crippen LogP contribution < -0.4 is 10.1 Å². The van der Waals surface area contributed by atoms with Crippen molar-refractivity contribution in [2.45, 2.75) is 13.0 Å². The molecule has 1 atom stereocenters. The number of hydrogen-bond acceptors (Lipinski definition) is 5. The van der Waals surface area contributed by atoms with Gasteiger partial charge in [0.05, 0.1) is 42.1 Å². The lowest BCUT2D eigenvalue weighted by atomic mass is 9.92. The second-order valence-corrected chi connectivity index (χ2v) is 8.05. The number of carbonyl (C=O) groups is 1. The normalized spacial score (nSPS) is 15.2. The van der Waals surface area contributed by atoms with Gasteiger partial charge in [-0.1, -0.05) is 35.9 Å². The number of ether oxygens (including phenoxy) is 2. The summed E-state index contributed by atoms with van der Waals surface area (Å²) in [5, 5.41) is 3.99. The highest BCUT2D eigenvalue weighted by Crippen LogP contribution is 2.42. The first kappa shape index (κ1) is 21.1. The molecule has 0 saturated heterocycles. The van der Waals surface area contributed by atoms with Crippen LogP contribution in [0, 0.1) is 0 Å².